The van der Waals surface area contributed by atoms with Crippen molar-refractivity contribution < 1.29 is 19.1 Å². The molecule has 1 aromatic heterocycles. The molecule has 0 bridgehead atoms. The molecule has 0 aliphatic carbocycles. The van der Waals surface area contributed by atoms with Gasteiger partial charge < -0.3 is 14.8 Å². The first-order chi connectivity index (χ1) is 16.5. The number of imide groups is 1. The van der Waals surface area contributed by atoms with E-state index in [4.69, 9.17) is 9.47 Å². The van der Waals surface area contributed by atoms with Crippen LogP contribution in [0.15, 0.2) is 78.6 Å². The van der Waals surface area contributed by atoms with Crippen LogP contribution in [0.5, 0.6) is 11.5 Å². The molecule has 0 saturated carbocycles. The fraction of sp³-hybridized carbons (Fsp3) is 0.222. The molecule has 4 rings (SSSR count). The summed E-state index contributed by atoms with van der Waals surface area (Å²) >= 11 is 0. The summed E-state index contributed by atoms with van der Waals surface area (Å²) < 4.78 is 11.2. The number of hydrogen-bond donors (Lipinski definition) is 1. The normalized spacial score (nSPS) is 13.6. The van der Waals surface area contributed by atoms with Crippen LogP contribution >= 0.6 is 0 Å². The number of amides is 2. The van der Waals surface area contributed by atoms with Crippen LogP contribution < -0.4 is 14.8 Å². The maximum Gasteiger partial charge on any atom is 0.278 e. The van der Waals surface area contributed by atoms with Gasteiger partial charge in [0.25, 0.3) is 11.8 Å². The molecule has 0 saturated heterocycles. The third-order valence-corrected chi connectivity index (χ3v) is 5.16. The molecule has 2 amide bonds. The molecule has 0 radical (unpaired) electrons. The average molecular weight is 458 g/mol. The summed E-state index contributed by atoms with van der Waals surface area (Å²) in [5.41, 5.74) is 2.48. The van der Waals surface area contributed by atoms with E-state index in [1.807, 2.05) is 51.1 Å². The predicted octanol–water partition coefficient (Wildman–Crippen LogP) is 4.66. The Morgan fingerprint density at radius 3 is 2.24 bits per heavy atom. The Morgan fingerprint density at radius 2 is 1.62 bits per heavy atom. The van der Waals surface area contributed by atoms with Crippen LogP contribution in [0, 0.1) is 0 Å². The molecule has 0 atom stereocenters. The molecular weight excluding hydrogens is 430 g/mol. The van der Waals surface area contributed by atoms with E-state index in [9.17, 15) is 9.59 Å². The van der Waals surface area contributed by atoms with Gasteiger partial charge in [-0.05, 0) is 74.9 Å². The Morgan fingerprint density at radius 1 is 0.912 bits per heavy atom. The predicted molar refractivity (Wildman–Crippen MR) is 130 cm³/mol. The maximum atomic E-state index is 13.5. The molecule has 7 nitrogen and oxygen atoms in total. The number of ether oxygens (including phenoxy) is 2. The summed E-state index contributed by atoms with van der Waals surface area (Å²) in [5.74, 6) is 0.653. The second-order valence-corrected chi connectivity index (χ2v) is 8.04. The fourth-order valence-electron chi connectivity index (χ4n) is 3.67. The molecule has 0 spiro atoms. The maximum absolute atomic E-state index is 13.5. The van der Waals surface area contributed by atoms with Crippen molar-refractivity contribution in [2.45, 2.75) is 33.4 Å². The quantitative estimate of drug-likeness (QED) is 0.471. The Kier molecular flexibility index (Phi) is 6.92. The smallest absolute Gasteiger partial charge is 0.278 e. The number of pyridine rings is 1. The first-order valence-corrected chi connectivity index (χ1v) is 11.2. The molecule has 3 aromatic rings. The molecular formula is C27H27N3O4. The average Bonchev–Trinajstić information content (AvgIpc) is 3.05. The van der Waals surface area contributed by atoms with E-state index in [2.05, 4.69) is 10.3 Å². The van der Waals surface area contributed by atoms with Crippen LogP contribution in [0.1, 0.15) is 32.0 Å². The van der Waals surface area contributed by atoms with Crippen LogP contribution in [-0.4, -0.2) is 34.4 Å². The van der Waals surface area contributed by atoms with Gasteiger partial charge in [0.05, 0.1) is 30.5 Å². The first-order valence-electron chi connectivity index (χ1n) is 11.2. The molecule has 0 unspecified atom stereocenters. The molecule has 7 heteroatoms. The van der Waals surface area contributed by atoms with E-state index in [-0.39, 0.29) is 24.3 Å². The molecule has 34 heavy (non-hydrogen) atoms. The van der Waals surface area contributed by atoms with Crippen LogP contribution in [0.25, 0.3) is 5.57 Å². The highest BCUT2D eigenvalue weighted by molar-refractivity contribution is 6.36. The monoisotopic (exact) mass is 457 g/mol. The Balaban J connectivity index is 1.68. The van der Waals surface area contributed by atoms with Crippen molar-refractivity contribution in [2.24, 2.45) is 0 Å². The van der Waals surface area contributed by atoms with Crippen LogP contribution in [0.4, 0.5) is 5.69 Å². The summed E-state index contributed by atoms with van der Waals surface area (Å²) in [6.07, 6.45) is 1.67. The van der Waals surface area contributed by atoms with E-state index in [1.165, 1.54) is 4.90 Å². The van der Waals surface area contributed by atoms with E-state index in [1.54, 1.807) is 42.6 Å². The minimum absolute atomic E-state index is 0.0329. The van der Waals surface area contributed by atoms with Gasteiger partial charge in [-0.2, -0.15) is 0 Å². The fourth-order valence-corrected chi connectivity index (χ4v) is 3.67. The van der Waals surface area contributed by atoms with Crippen molar-refractivity contribution in [3.8, 4) is 11.5 Å². The van der Waals surface area contributed by atoms with E-state index >= 15 is 0 Å². The first kappa shape index (κ1) is 23.0. The Bertz CT molecular complexity index is 1190. The summed E-state index contributed by atoms with van der Waals surface area (Å²) in [7, 11) is 0. The third kappa shape index (κ3) is 5.09. The summed E-state index contributed by atoms with van der Waals surface area (Å²) in [4.78, 5) is 32.3. The van der Waals surface area contributed by atoms with Crippen molar-refractivity contribution in [1.82, 2.24) is 9.88 Å². The van der Waals surface area contributed by atoms with Gasteiger partial charge in [-0.3, -0.25) is 19.5 Å². The summed E-state index contributed by atoms with van der Waals surface area (Å²) in [6, 6.07) is 19.9. The molecule has 174 valence electrons. The van der Waals surface area contributed by atoms with Crippen molar-refractivity contribution >= 4 is 23.1 Å². The number of nitrogens with one attached hydrogen (secondary N) is 1. The highest BCUT2D eigenvalue weighted by atomic mass is 16.5. The van der Waals surface area contributed by atoms with Gasteiger partial charge in [-0.25, -0.2) is 0 Å². The molecule has 0 fully saturated rings. The topological polar surface area (TPSA) is 80.8 Å². The second kappa shape index (κ2) is 10.2. The number of anilines is 1. The van der Waals surface area contributed by atoms with Gasteiger partial charge in [0.1, 0.15) is 17.2 Å². The SMILES string of the molecule is CCOc1ccc(NC2=C(c3ccc(OC(C)C)cc3)C(=O)N(Cc3ccccn3)C2=O)cc1. The number of aromatic nitrogens is 1. The van der Waals surface area contributed by atoms with Crippen LogP contribution in [-0.2, 0) is 16.1 Å². The van der Waals surface area contributed by atoms with Gasteiger partial charge in [0.2, 0.25) is 0 Å². The Labute approximate surface area is 199 Å². The number of benzene rings is 2. The van der Waals surface area contributed by atoms with Crippen molar-refractivity contribution in [2.75, 3.05) is 11.9 Å². The minimum atomic E-state index is -0.401. The minimum Gasteiger partial charge on any atom is -0.494 e. The lowest BCUT2D eigenvalue weighted by atomic mass is 10.0. The number of hydrogen-bond acceptors (Lipinski definition) is 6. The number of carbonyl (C=O) groups excluding carboxylic acids is 2. The lowest BCUT2D eigenvalue weighted by Gasteiger charge is -2.15. The van der Waals surface area contributed by atoms with Gasteiger partial charge in [-0.1, -0.05) is 18.2 Å². The highest BCUT2D eigenvalue weighted by Gasteiger charge is 2.39. The van der Waals surface area contributed by atoms with Crippen molar-refractivity contribution in [3.05, 3.63) is 89.9 Å². The van der Waals surface area contributed by atoms with Gasteiger partial charge in [0.15, 0.2) is 0 Å². The lowest BCUT2D eigenvalue weighted by molar-refractivity contribution is -0.137. The van der Waals surface area contributed by atoms with Crippen LogP contribution in [0.3, 0.4) is 0 Å². The second-order valence-electron chi connectivity index (χ2n) is 8.04. The summed E-state index contributed by atoms with van der Waals surface area (Å²) in [5, 5.41) is 3.16. The van der Waals surface area contributed by atoms with E-state index in [0.717, 1.165) is 5.75 Å². The van der Waals surface area contributed by atoms with Crippen molar-refractivity contribution in [1.29, 1.82) is 0 Å². The van der Waals surface area contributed by atoms with E-state index < -0.39 is 5.91 Å². The lowest BCUT2D eigenvalue weighted by Crippen LogP contribution is -2.32. The Hall–Kier alpha value is -4.13. The van der Waals surface area contributed by atoms with E-state index in [0.29, 0.717) is 34.9 Å². The van der Waals surface area contributed by atoms with Crippen LogP contribution in [0.2, 0.25) is 0 Å². The molecule has 2 aromatic carbocycles. The molecule has 1 N–H and O–H groups in total. The van der Waals surface area contributed by atoms with Gasteiger partial charge in [0, 0.05) is 11.9 Å². The zero-order chi connectivity index (χ0) is 24.1. The zero-order valence-electron chi connectivity index (χ0n) is 19.4. The van der Waals surface area contributed by atoms with Crippen molar-refractivity contribution in [3.63, 3.8) is 0 Å². The number of carbonyl (C=O) groups is 2. The number of nitrogens with zero attached hydrogens (tertiary/aromatic N) is 2. The largest absolute Gasteiger partial charge is 0.494 e. The highest BCUT2D eigenvalue weighted by Crippen LogP contribution is 2.32. The summed E-state index contributed by atoms with van der Waals surface area (Å²) in [6.45, 7) is 6.46. The zero-order valence-corrected chi connectivity index (χ0v) is 19.4. The third-order valence-electron chi connectivity index (χ3n) is 5.16. The number of rotatable bonds is 9. The standard InChI is InChI=1S/C27H27N3O4/c1-4-33-22-14-10-20(11-15-22)29-25-24(19-8-12-23(13-9-19)34-18(2)3)26(31)30(27(25)32)17-21-7-5-6-16-28-21/h5-16,18,29H,4,17H2,1-3H3. The molecule has 2 heterocycles. The molecule has 1 aliphatic rings. The molecule has 1 aliphatic heterocycles. The van der Waals surface area contributed by atoms with Gasteiger partial charge in [-0.15, -0.1) is 0 Å². The van der Waals surface area contributed by atoms with Gasteiger partial charge >= 0.3 is 0 Å².